The highest BCUT2D eigenvalue weighted by Gasteiger charge is 2.46. The molecule has 2 fully saturated rings. The molecular weight excluding hydrogens is 655 g/mol. The van der Waals surface area contributed by atoms with Crippen molar-refractivity contribution in [2.24, 2.45) is 5.41 Å². The molecule has 9 nitrogen and oxygen atoms in total. The zero-order chi connectivity index (χ0) is 33.2. The lowest BCUT2D eigenvalue weighted by atomic mass is 9.80. The number of hydrogen-bond donors (Lipinski definition) is 1. The third-order valence-electron chi connectivity index (χ3n) is 8.45. The summed E-state index contributed by atoms with van der Waals surface area (Å²) in [6.45, 7) is 6.97. The summed E-state index contributed by atoms with van der Waals surface area (Å²) in [5, 5.41) is -0.230. The molecule has 0 amide bonds. The van der Waals surface area contributed by atoms with Crippen LogP contribution in [-0.2, 0) is 35.9 Å². The molecule has 1 N–H and O–H groups in total. The second-order valence-electron chi connectivity index (χ2n) is 12.6. The summed E-state index contributed by atoms with van der Waals surface area (Å²) in [6.07, 6.45) is 0.818. The molecule has 2 aliphatic heterocycles. The Labute approximate surface area is 283 Å². The largest absolute Gasteiger partial charge is 0.497 e. The highest BCUT2D eigenvalue weighted by molar-refractivity contribution is 8.68. The summed E-state index contributed by atoms with van der Waals surface area (Å²) in [4.78, 5) is 27.5. The number of hydrogen-bond acceptors (Lipinski definition) is 9. The molecule has 4 aromatic rings. The van der Waals surface area contributed by atoms with Gasteiger partial charge in [0.25, 0.3) is 5.56 Å². The van der Waals surface area contributed by atoms with Crippen LogP contribution in [0.25, 0.3) is 0 Å². The molecule has 2 saturated heterocycles. The van der Waals surface area contributed by atoms with Gasteiger partial charge in [-0.05, 0) is 47.6 Å². The van der Waals surface area contributed by atoms with E-state index in [2.05, 4.69) is 43.1 Å². The number of aromatic nitrogens is 2. The molecule has 248 valence electrons. The molecule has 0 aliphatic carbocycles. The first-order chi connectivity index (χ1) is 22.5. The third kappa shape index (κ3) is 7.22. The molecule has 1 aromatic heterocycles. The van der Waals surface area contributed by atoms with E-state index in [9.17, 15) is 9.59 Å². The molecule has 6 rings (SSSR count). The van der Waals surface area contributed by atoms with Gasteiger partial charge in [0.15, 0.2) is 0 Å². The second kappa shape index (κ2) is 13.8. The fourth-order valence-corrected chi connectivity index (χ4v) is 11.6. The number of benzene rings is 3. The summed E-state index contributed by atoms with van der Waals surface area (Å²) >= 11 is 7.45. The number of H-pyrrole nitrogens is 1. The predicted molar refractivity (Wildman–Crippen MR) is 188 cm³/mol. The van der Waals surface area contributed by atoms with Crippen LogP contribution in [0.3, 0.4) is 0 Å². The van der Waals surface area contributed by atoms with Crippen molar-refractivity contribution in [3.05, 3.63) is 134 Å². The SMILES string of the molecule is COc1ccc(C(OC[C@H]2O[C@@H](n3cc(C)c(=O)[nH]c3=O)C[C@@H]2SP2(=S)OCC(C)(C)CO2)(c2ccccc2)c2ccccc2)cc1. The van der Waals surface area contributed by atoms with E-state index < -0.39 is 34.9 Å². The minimum Gasteiger partial charge on any atom is -0.497 e. The van der Waals surface area contributed by atoms with Gasteiger partial charge in [-0.25, -0.2) is 4.79 Å². The van der Waals surface area contributed by atoms with E-state index in [0.29, 0.717) is 25.2 Å². The van der Waals surface area contributed by atoms with Crippen LogP contribution in [0.2, 0.25) is 0 Å². The van der Waals surface area contributed by atoms with Gasteiger partial charge in [-0.2, -0.15) is 0 Å². The van der Waals surface area contributed by atoms with E-state index in [1.54, 1.807) is 20.2 Å². The van der Waals surface area contributed by atoms with Crippen LogP contribution in [0, 0.1) is 12.3 Å². The lowest BCUT2D eigenvalue weighted by molar-refractivity contribution is -0.0765. The maximum absolute atomic E-state index is 13.0. The normalized spacial score (nSPS) is 22.2. The van der Waals surface area contributed by atoms with Crippen molar-refractivity contribution in [1.29, 1.82) is 0 Å². The molecule has 0 radical (unpaired) electrons. The minimum atomic E-state index is -2.72. The van der Waals surface area contributed by atoms with Crippen molar-refractivity contribution >= 4 is 28.9 Å². The predicted octanol–water partition coefficient (Wildman–Crippen LogP) is 6.55. The van der Waals surface area contributed by atoms with Gasteiger partial charge in [-0.3, -0.25) is 14.3 Å². The molecule has 0 unspecified atom stereocenters. The van der Waals surface area contributed by atoms with Crippen molar-refractivity contribution in [3.8, 4) is 5.75 Å². The van der Waals surface area contributed by atoms with Gasteiger partial charge in [0.2, 0.25) is 5.69 Å². The standard InChI is InChI=1S/C35H39N2O7PS2/c1-24-20-37(33(39)36-32(24)38)31-19-30(47-45(46)42-22-34(2,3)23-43-45)29(44-31)21-41-35(25-11-7-5-8-12-25,26-13-9-6-10-14-26)27-15-17-28(40-4)18-16-27/h5-18,20,29-31H,19,21-23H2,1-4H3,(H,36,38,39)/t29-,30+,31-/m1/s1. The van der Waals surface area contributed by atoms with Crippen molar-refractivity contribution < 1.29 is 23.3 Å². The first-order valence-electron chi connectivity index (χ1n) is 15.5. The molecule has 3 atom stereocenters. The van der Waals surface area contributed by atoms with Gasteiger partial charge < -0.3 is 23.3 Å². The Hall–Kier alpha value is -3.02. The van der Waals surface area contributed by atoms with E-state index in [-0.39, 0.29) is 17.3 Å². The third-order valence-corrected chi connectivity index (χ3v) is 14.0. The van der Waals surface area contributed by atoms with Crippen LogP contribution < -0.4 is 16.0 Å². The van der Waals surface area contributed by atoms with Crippen LogP contribution in [0.5, 0.6) is 5.75 Å². The summed E-state index contributed by atoms with van der Waals surface area (Å²) < 4.78 is 33.1. The number of rotatable bonds is 10. The lowest BCUT2D eigenvalue weighted by Gasteiger charge is -2.38. The van der Waals surface area contributed by atoms with Gasteiger partial charge in [0.05, 0.1) is 33.0 Å². The Kier molecular flexibility index (Phi) is 9.97. The zero-order valence-corrected chi connectivity index (χ0v) is 29.3. The van der Waals surface area contributed by atoms with Crippen molar-refractivity contribution in [3.63, 3.8) is 0 Å². The highest BCUT2D eigenvalue weighted by Crippen LogP contribution is 2.67. The summed E-state index contributed by atoms with van der Waals surface area (Å²) in [7, 11) is 1.64. The number of methoxy groups -OCH3 is 1. The van der Waals surface area contributed by atoms with Gasteiger partial charge in [0, 0.05) is 28.8 Å². The van der Waals surface area contributed by atoms with E-state index in [1.807, 2.05) is 60.7 Å². The van der Waals surface area contributed by atoms with Crippen LogP contribution >= 0.6 is 17.1 Å². The number of aryl methyl sites for hydroxylation is 1. The highest BCUT2D eigenvalue weighted by atomic mass is 32.9. The fraction of sp³-hybridized carbons (Fsp3) is 0.371. The fourth-order valence-electron chi connectivity index (χ4n) is 5.87. The molecule has 3 heterocycles. The first-order valence-corrected chi connectivity index (χ1v) is 19.6. The molecule has 12 heteroatoms. The summed E-state index contributed by atoms with van der Waals surface area (Å²) in [6, 6.07) is 28.0. The lowest BCUT2D eigenvalue weighted by Crippen LogP contribution is -2.38. The first kappa shape index (κ1) is 33.9. The summed E-state index contributed by atoms with van der Waals surface area (Å²) in [5.74, 6) is 0.735. The van der Waals surface area contributed by atoms with Crippen LogP contribution in [0.4, 0.5) is 0 Å². The van der Waals surface area contributed by atoms with Crippen LogP contribution in [0.15, 0.2) is 101 Å². The second-order valence-corrected chi connectivity index (χ2v) is 19.0. The van der Waals surface area contributed by atoms with Gasteiger partial charge in [-0.1, -0.05) is 98.0 Å². The molecule has 0 bridgehead atoms. The van der Waals surface area contributed by atoms with Gasteiger partial charge in [-0.15, -0.1) is 0 Å². The minimum absolute atomic E-state index is 0.135. The molecule has 47 heavy (non-hydrogen) atoms. The number of nitrogens with zero attached hydrogens (tertiary/aromatic N) is 1. The number of aromatic amines is 1. The number of nitrogens with one attached hydrogen (secondary N) is 1. The van der Waals surface area contributed by atoms with Crippen LogP contribution in [-0.4, -0.2) is 47.8 Å². The quantitative estimate of drug-likeness (QED) is 0.146. The Morgan fingerprint density at radius 2 is 1.53 bits per heavy atom. The average Bonchev–Trinajstić information content (AvgIpc) is 3.47. The molecule has 0 spiro atoms. The molecular formula is C35H39N2O7PS2. The van der Waals surface area contributed by atoms with Crippen molar-refractivity contribution in [1.82, 2.24) is 9.55 Å². The zero-order valence-electron chi connectivity index (χ0n) is 26.8. The monoisotopic (exact) mass is 694 g/mol. The van der Waals surface area contributed by atoms with Crippen LogP contribution in [0.1, 0.15) is 48.8 Å². The van der Waals surface area contributed by atoms with E-state index >= 15 is 0 Å². The molecule has 0 saturated carbocycles. The smallest absolute Gasteiger partial charge is 0.330 e. The van der Waals surface area contributed by atoms with Crippen molar-refractivity contribution in [2.75, 3.05) is 26.9 Å². The Morgan fingerprint density at radius 1 is 0.957 bits per heavy atom. The Balaban J connectivity index is 1.39. The topological polar surface area (TPSA) is 101 Å². The molecule has 2 aliphatic rings. The average molecular weight is 695 g/mol. The van der Waals surface area contributed by atoms with Gasteiger partial charge >= 0.3 is 5.69 Å². The molecule has 3 aromatic carbocycles. The van der Waals surface area contributed by atoms with E-state index in [4.69, 9.17) is 35.1 Å². The van der Waals surface area contributed by atoms with E-state index in [1.165, 1.54) is 15.9 Å². The maximum atomic E-state index is 13.0. The Morgan fingerprint density at radius 3 is 2.11 bits per heavy atom. The van der Waals surface area contributed by atoms with Crippen molar-refractivity contribution in [2.45, 2.75) is 50.4 Å². The number of ether oxygens (including phenoxy) is 3. The maximum Gasteiger partial charge on any atom is 0.330 e. The Bertz CT molecular complexity index is 1790. The van der Waals surface area contributed by atoms with Gasteiger partial charge in [0.1, 0.15) is 17.6 Å². The summed E-state index contributed by atoms with van der Waals surface area (Å²) in [5.41, 5.74) is -1.62. The van der Waals surface area contributed by atoms with E-state index in [0.717, 1.165) is 22.4 Å².